The Hall–Kier alpha value is -3.59. The predicted octanol–water partition coefficient (Wildman–Crippen LogP) is 4.74. The number of amides is 1. The summed E-state index contributed by atoms with van der Waals surface area (Å²) in [4.78, 5) is 16.9. The van der Waals surface area contributed by atoms with Crippen LogP contribution in [0, 0.1) is 5.82 Å². The minimum absolute atomic E-state index is 0.165. The van der Waals surface area contributed by atoms with E-state index in [1.165, 1.54) is 24.3 Å². The highest BCUT2D eigenvalue weighted by atomic mass is 32.2. The third kappa shape index (κ3) is 7.99. The maximum atomic E-state index is 14.3. The number of alkyl halides is 1. The van der Waals surface area contributed by atoms with Crippen molar-refractivity contribution in [1.82, 2.24) is 10.3 Å². The van der Waals surface area contributed by atoms with E-state index in [0.29, 0.717) is 28.9 Å². The Bertz CT molecular complexity index is 1310. The van der Waals surface area contributed by atoms with E-state index < -0.39 is 34.5 Å². The molecule has 0 aliphatic carbocycles. The van der Waals surface area contributed by atoms with E-state index in [0.717, 1.165) is 18.2 Å². The lowest BCUT2D eigenvalue weighted by Gasteiger charge is -2.14. The molecule has 9 heteroatoms. The molecule has 0 radical (unpaired) electrons. The molecule has 2 N–H and O–H groups in total. The Kier molecular flexibility index (Phi) is 8.70. The molecule has 6 nitrogen and oxygen atoms in total. The topological polar surface area (TPSA) is 88.2 Å². The summed E-state index contributed by atoms with van der Waals surface area (Å²) in [7, 11) is -3.61. The summed E-state index contributed by atoms with van der Waals surface area (Å²) >= 11 is 0. The zero-order chi connectivity index (χ0) is 25.4. The van der Waals surface area contributed by atoms with Gasteiger partial charge in [-0.2, -0.15) is 0 Å². The molecule has 1 amide bonds. The fourth-order valence-corrected chi connectivity index (χ4v) is 4.05. The first kappa shape index (κ1) is 26.0. The monoisotopic (exact) mass is 499 g/mol. The standard InChI is InChI=1S/C26H27F2N3O3S/c1-18(21-10-14-25(23(28)16-21)31-35(2,33)34)29-26(32)15-11-20-9-12-22(17-27)30-24(20)13-8-19-6-4-3-5-7-19/h3-7,9-12,14-16,18,31H,8,13,17H2,1-2H3,(H,29,32)/b15-11+/t18-/m1/s1. The van der Waals surface area contributed by atoms with Gasteiger partial charge in [-0.3, -0.25) is 14.5 Å². The largest absolute Gasteiger partial charge is 0.346 e. The number of hydrogen-bond donors (Lipinski definition) is 2. The fourth-order valence-electron chi connectivity index (χ4n) is 3.48. The number of aromatic nitrogens is 1. The van der Waals surface area contributed by atoms with Gasteiger partial charge in [0, 0.05) is 11.8 Å². The van der Waals surface area contributed by atoms with Crippen molar-refractivity contribution >= 4 is 27.7 Å². The molecule has 1 heterocycles. The van der Waals surface area contributed by atoms with Crippen molar-refractivity contribution in [2.75, 3.05) is 11.0 Å². The number of benzene rings is 2. The second-order valence-electron chi connectivity index (χ2n) is 8.13. The van der Waals surface area contributed by atoms with Crippen LogP contribution in [0.1, 0.15) is 41.0 Å². The maximum Gasteiger partial charge on any atom is 0.244 e. The second-order valence-corrected chi connectivity index (χ2v) is 9.88. The molecule has 3 aromatic rings. The lowest BCUT2D eigenvalue weighted by atomic mass is 10.0. The normalized spacial score (nSPS) is 12.5. The van der Waals surface area contributed by atoms with Crippen LogP contribution in [0.5, 0.6) is 0 Å². The SMILES string of the molecule is C[C@@H](NC(=O)/C=C/c1ccc(CF)nc1CCc1ccccc1)c1ccc(NS(C)(=O)=O)c(F)c1. The van der Waals surface area contributed by atoms with E-state index in [-0.39, 0.29) is 5.69 Å². The van der Waals surface area contributed by atoms with Crippen molar-refractivity contribution < 1.29 is 22.0 Å². The van der Waals surface area contributed by atoms with Crippen molar-refractivity contribution in [1.29, 1.82) is 0 Å². The highest BCUT2D eigenvalue weighted by Crippen LogP contribution is 2.21. The van der Waals surface area contributed by atoms with Crippen LogP contribution in [0.3, 0.4) is 0 Å². The number of sulfonamides is 1. The van der Waals surface area contributed by atoms with Crippen molar-refractivity contribution in [2.45, 2.75) is 32.5 Å². The van der Waals surface area contributed by atoms with Crippen molar-refractivity contribution in [3.05, 3.63) is 101 Å². The molecule has 3 rings (SSSR count). The van der Waals surface area contributed by atoms with Crippen LogP contribution in [0.4, 0.5) is 14.5 Å². The Morgan fingerprint density at radius 1 is 1.09 bits per heavy atom. The number of rotatable bonds is 10. The van der Waals surface area contributed by atoms with Gasteiger partial charge in [-0.05, 0) is 60.7 Å². The van der Waals surface area contributed by atoms with Gasteiger partial charge in [-0.15, -0.1) is 0 Å². The van der Waals surface area contributed by atoms with Gasteiger partial charge in [-0.25, -0.2) is 17.2 Å². The Morgan fingerprint density at radius 2 is 1.83 bits per heavy atom. The Balaban J connectivity index is 1.68. The molecule has 184 valence electrons. The van der Waals surface area contributed by atoms with Gasteiger partial charge in [0.05, 0.1) is 23.7 Å². The van der Waals surface area contributed by atoms with E-state index in [2.05, 4.69) is 15.0 Å². The third-order valence-corrected chi connectivity index (χ3v) is 5.85. The molecule has 0 bridgehead atoms. The summed E-state index contributed by atoms with van der Waals surface area (Å²) in [6.07, 6.45) is 5.22. The predicted molar refractivity (Wildman–Crippen MR) is 133 cm³/mol. The van der Waals surface area contributed by atoms with Crippen LogP contribution < -0.4 is 10.0 Å². The number of carbonyl (C=O) groups is 1. The van der Waals surface area contributed by atoms with E-state index in [4.69, 9.17) is 0 Å². The number of hydrogen-bond acceptors (Lipinski definition) is 4. The lowest BCUT2D eigenvalue weighted by molar-refractivity contribution is -0.117. The number of nitrogens with zero attached hydrogens (tertiary/aromatic N) is 1. The molecule has 0 saturated carbocycles. The van der Waals surface area contributed by atoms with Crippen LogP contribution in [-0.2, 0) is 34.3 Å². The van der Waals surface area contributed by atoms with Crippen LogP contribution in [0.25, 0.3) is 6.08 Å². The fraction of sp³-hybridized carbons (Fsp3) is 0.231. The van der Waals surface area contributed by atoms with Gasteiger partial charge < -0.3 is 5.32 Å². The molecular weight excluding hydrogens is 472 g/mol. The smallest absolute Gasteiger partial charge is 0.244 e. The molecule has 0 fully saturated rings. The van der Waals surface area contributed by atoms with Crippen LogP contribution in [0.15, 0.2) is 66.7 Å². The number of pyridine rings is 1. The molecule has 1 atom stereocenters. The Morgan fingerprint density at radius 3 is 2.49 bits per heavy atom. The summed E-state index contributed by atoms with van der Waals surface area (Å²) in [5.74, 6) is -1.15. The zero-order valence-corrected chi connectivity index (χ0v) is 20.3. The van der Waals surface area contributed by atoms with Gasteiger partial charge in [0.15, 0.2) is 0 Å². The number of halogens is 2. The highest BCUT2D eigenvalue weighted by Gasteiger charge is 2.13. The lowest BCUT2D eigenvalue weighted by Crippen LogP contribution is -2.24. The average molecular weight is 500 g/mol. The molecule has 1 aromatic heterocycles. The quantitative estimate of drug-likeness (QED) is 0.395. The first-order chi connectivity index (χ1) is 16.6. The maximum absolute atomic E-state index is 14.3. The van der Waals surface area contributed by atoms with E-state index in [9.17, 15) is 22.0 Å². The summed E-state index contributed by atoms with van der Waals surface area (Å²) in [6, 6.07) is 16.7. The van der Waals surface area contributed by atoms with Crippen LogP contribution >= 0.6 is 0 Å². The summed E-state index contributed by atoms with van der Waals surface area (Å²) in [6.45, 7) is 1.02. The first-order valence-electron chi connectivity index (χ1n) is 11.0. The van der Waals surface area contributed by atoms with Crippen molar-refractivity contribution in [2.24, 2.45) is 0 Å². The summed E-state index contributed by atoms with van der Waals surface area (Å²) in [5, 5.41) is 2.75. The van der Waals surface area contributed by atoms with Gasteiger partial charge in [0.2, 0.25) is 15.9 Å². The number of anilines is 1. The molecule has 0 saturated heterocycles. The zero-order valence-electron chi connectivity index (χ0n) is 19.5. The molecule has 2 aromatic carbocycles. The van der Waals surface area contributed by atoms with E-state index in [1.807, 2.05) is 30.3 Å². The summed E-state index contributed by atoms with van der Waals surface area (Å²) < 4.78 is 52.1. The van der Waals surface area contributed by atoms with Gasteiger partial charge in [-0.1, -0.05) is 42.5 Å². The molecule has 0 aliphatic heterocycles. The summed E-state index contributed by atoms with van der Waals surface area (Å²) in [5.41, 5.74) is 3.17. The first-order valence-corrected chi connectivity index (χ1v) is 12.9. The molecular formula is C26H27F2N3O3S. The third-order valence-electron chi connectivity index (χ3n) is 5.26. The number of aryl methyl sites for hydroxylation is 2. The van der Waals surface area contributed by atoms with Crippen LogP contribution in [-0.4, -0.2) is 25.6 Å². The molecule has 35 heavy (non-hydrogen) atoms. The highest BCUT2D eigenvalue weighted by molar-refractivity contribution is 7.92. The number of carbonyl (C=O) groups excluding carboxylic acids is 1. The molecule has 0 unspecified atom stereocenters. The Labute approximate surface area is 204 Å². The van der Waals surface area contributed by atoms with Crippen molar-refractivity contribution in [3.8, 4) is 0 Å². The number of nitrogens with one attached hydrogen (secondary N) is 2. The van der Waals surface area contributed by atoms with Gasteiger partial charge >= 0.3 is 0 Å². The minimum atomic E-state index is -3.61. The van der Waals surface area contributed by atoms with Gasteiger partial charge in [0.1, 0.15) is 12.5 Å². The van der Waals surface area contributed by atoms with Crippen molar-refractivity contribution in [3.63, 3.8) is 0 Å². The second kappa shape index (κ2) is 11.7. The average Bonchev–Trinajstić information content (AvgIpc) is 2.82. The van der Waals surface area contributed by atoms with Crippen LogP contribution in [0.2, 0.25) is 0 Å². The van der Waals surface area contributed by atoms with E-state index >= 15 is 0 Å². The minimum Gasteiger partial charge on any atom is -0.346 e. The molecule has 0 aliphatic rings. The van der Waals surface area contributed by atoms with Gasteiger partial charge in [0.25, 0.3) is 0 Å². The van der Waals surface area contributed by atoms with E-state index in [1.54, 1.807) is 25.1 Å². The molecule has 0 spiro atoms.